The molecule has 0 radical (unpaired) electrons. The standard InChI is InChI=1S/C3H5F2NO2/c1-2-3(4,5)6(7)8/h2H2,1H3. The molecule has 48 valence electrons. The van der Waals surface area contributed by atoms with Crippen LogP contribution >= 0.6 is 0 Å². The van der Waals surface area contributed by atoms with Crippen LogP contribution in [0.15, 0.2) is 0 Å². The van der Waals surface area contributed by atoms with Crippen LogP contribution in [-0.4, -0.2) is 11.0 Å². The molecule has 0 N–H and O–H groups in total. The molecule has 5 heteroatoms. The SMILES string of the molecule is CCC(F)(F)[N+](=O)[O-]. The quantitative estimate of drug-likeness (QED) is 0.317. The Kier molecular flexibility index (Phi) is 1.83. The molecule has 0 heterocycles. The van der Waals surface area contributed by atoms with Crippen molar-refractivity contribution in [2.75, 3.05) is 0 Å². The van der Waals surface area contributed by atoms with Gasteiger partial charge in [0.2, 0.25) is 0 Å². The summed E-state index contributed by atoms with van der Waals surface area (Å²) in [5.74, 6) is 0. The number of halogens is 2. The summed E-state index contributed by atoms with van der Waals surface area (Å²) in [6.45, 7) is 1.06. The highest BCUT2D eigenvalue weighted by molar-refractivity contribution is 4.42. The van der Waals surface area contributed by atoms with Crippen LogP contribution in [0.1, 0.15) is 13.3 Å². The van der Waals surface area contributed by atoms with Crippen molar-refractivity contribution in [2.24, 2.45) is 0 Å². The molecule has 0 spiro atoms. The summed E-state index contributed by atoms with van der Waals surface area (Å²) in [4.78, 5) is 7.72. The molecule has 0 saturated heterocycles. The molecule has 0 saturated carbocycles. The predicted molar refractivity (Wildman–Crippen MR) is 22.2 cm³/mol. The van der Waals surface area contributed by atoms with Gasteiger partial charge in [0.05, 0.1) is 11.3 Å². The van der Waals surface area contributed by atoms with Crippen LogP contribution in [0.3, 0.4) is 0 Å². The Bertz CT molecular complexity index is 103. The van der Waals surface area contributed by atoms with Crippen LogP contribution in [0.4, 0.5) is 8.78 Å². The lowest BCUT2D eigenvalue weighted by Crippen LogP contribution is -2.25. The maximum Gasteiger partial charge on any atom is 0.509 e. The fraction of sp³-hybridized carbons (Fsp3) is 1.00. The molecule has 0 aliphatic heterocycles. The van der Waals surface area contributed by atoms with E-state index >= 15 is 0 Å². The van der Waals surface area contributed by atoms with E-state index in [1.807, 2.05) is 0 Å². The third-order valence-corrected chi connectivity index (χ3v) is 0.692. The van der Waals surface area contributed by atoms with Gasteiger partial charge in [-0.05, 0) is 0 Å². The van der Waals surface area contributed by atoms with Crippen molar-refractivity contribution in [3.8, 4) is 0 Å². The van der Waals surface area contributed by atoms with Crippen LogP contribution in [0, 0.1) is 10.1 Å². The molecule has 0 fully saturated rings. The van der Waals surface area contributed by atoms with E-state index in [1.165, 1.54) is 0 Å². The summed E-state index contributed by atoms with van der Waals surface area (Å²) in [6.07, 6.45) is -0.750. The van der Waals surface area contributed by atoms with Crippen molar-refractivity contribution >= 4 is 0 Å². The van der Waals surface area contributed by atoms with Crippen molar-refractivity contribution in [2.45, 2.75) is 19.4 Å². The van der Waals surface area contributed by atoms with E-state index in [4.69, 9.17) is 0 Å². The van der Waals surface area contributed by atoms with Crippen LogP contribution in [0.2, 0.25) is 0 Å². The predicted octanol–water partition coefficient (Wildman–Crippen LogP) is 1.27. The molecule has 0 atom stereocenters. The average molecular weight is 125 g/mol. The normalized spacial score (nSPS) is 11.4. The number of hydrogen-bond acceptors (Lipinski definition) is 2. The van der Waals surface area contributed by atoms with Gasteiger partial charge in [-0.3, -0.25) is 10.1 Å². The number of nitro groups is 1. The molecular formula is C3H5F2NO2. The molecule has 0 aliphatic carbocycles. The van der Waals surface area contributed by atoms with Gasteiger partial charge in [0.15, 0.2) is 0 Å². The Labute approximate surface area is 44.5 Å². The van der Waals surface area contributed by atoms with Gasteiger partial charge in [-0.1, -0.05) is 6.92 Å². The molecule has 0 unspecified atom stereocenters. The minimum absolute atomic E-state index is 0.750. The van der Waals surface area contributed by atoms with Gasteiger partial charge in [0, 0.05) is 0 Å². The zero-order valence-corrected chi connectivity index (χ0v) is 4.23. The van der Waals surface area contributed by atoms with E-state index < -0.39 is 17.4 Å². The van der Waals surface area contributed by atoms with Gasteiger partial charge in [-0.2, -0.15) is 0 Å². The average Bonchev–Trinajstić information content (AvgIpc) is 1.67. The van der Waals surface area contributed by atoms with E-state index in [0.717, 1.165) is 6.92 Å². The zero-order chi connectivity index (χ0) is 6.78. The van der Waals surface area contributed by atoms with Gasteiger partial charge < -0.3 is 0 Å². The van der Waals surface area contributed by atoms with Crippen LogP contribution in [-0.2, 0) is 0 Å². The van der Waals surface area contributed by atoms with Gasteiger partial charge in [0.1, 0.15) is 0 Å². The van der Waals surface area contributed by atoms with Gasteiger partial charge >= 0.3 is 6.05 Å². The summed E-state index contributed by atoms with van der Waals surface area (Å²) >= 11 is 0. The molecule has 0 amide bonds. The van der Waals surface area contributed by atoms with E-state index in [2.05, 4.69) is 0 Å². The summed E-state index contributed by atoms with van der Waals surface area (Å²) < 4.78 is 23.2. The fourth-order valence-corrected chi connectivity index (χ4v) is 0.129. The fourth-order valence-electron chi connectivity index (χ4n) is 0.129. The summed E-state index contributed by atoms with van der Waals surface area (Å²) in [6, 6.07) is -3.74. The number of alkyl halides is 2. The van der Waals surface area contributed by atoms with Crippen molar-refractivity contribution < 1.29 is 13.7 Å². The first-order valence-corrected chi connectivity index (χ1v) is 2.03. The number of hydrogen-bond donors (Lipinski definition) is 0. The van der Waals surface area contributed by atoms with E-state index in [-0.39, 0.29) is 0 Å². The largest absolute Gasteiger partial charge is 0.509 e. The summed E-state index contributed by atoms with van der Waals surface area (Å²) in [5.41, 5.74) is 0. The molecule has 0 aromatic rings. The molecular weight excluding hydrogens is 120 g/mol. The Hall–Kier alpha value is -0.740. The minimum atomic E-state index is -3.74. The minimum Gasteiger partial charge on any atom is -0.259 e. The topological polar surface area (TPSA) is 43.1 Å². The molecule has 0 rings (SSSR count). The first kappa shape index (κ1) is 7.26. The molecule has 0 aromatic heterocycles. The van der Waals surface area contributed by atoms with Crippen LogP contribution in [0.25, 0.3) is 0 Å². The van der Waals surface area contributed by atoms with E-state index in [0.29, 0.717) is 0 Å². The highest BCUT2D eigenvalue weighted by atomic mass is 19.3. The Morgan fingerprint density at radius 1 is 1.75 bits per heavy atom. The van der Waals surface area contributed by atoms with Gasteiger partial charge in [-0.15, -0.1) is 8.78 Å². The number of nitrogens with zero attached hydrogens (tertiary/aromatic N) is 1. The van der Waals surface area contributed by atoms with Gasteiger partial charge in [0.25, 0.3) is 0 Å². The van der Waals surface area contributed by atoms with Crippen LogP contribution < -0.4 is 0 Å². The Balaban J connectivity index is 3.91. The Morgan fingerprint density at radius 2 is 2.12 bits per heavy atom. The second kappa shape index (κ2) is 2.02. The van der Waals surface area contributed by atoms with Gasteiger partial charge in [-0.25, -0.2) is 0 Å². The van der Waals surface area contributed by atoms with Crippen molar-refractivity contribution in [3.05, 3.63) is 10.1 Å². The molecule has 0 aliphatic rings. The molecule has 8 heavy (non-hydrogen) atoms. The van der Waals surface area contributed by atoms with Crippen molar-refractivity contribution in [3.63, 3.8) is 0 Å². The van der Waals surface area contributed by atoms with E-state index in [9.17, 15) is 18.9 Å². The lowest BCUT2D eigenvalue weighted by Gasteiger charge is -2.00. The van der Waals surface area contributed by atoms with Crippen molar-refractivity contribution in [1.82, 2.24) is 0 Å². The monoisotopic (exact) mass is 125 g/mol. The molecule has 0 aromatic carbocycles. The van der Waals surface area contributed by atoms with Crippen molar-refractivity contribution in [1.29, 1.82) is 0 Å². The summed E-state index contributed by atoms with van der Waals surface area (Å²) in [7, 11) is 0. The smallest absolute Gasteiger partial charge is 0.259 e. The Morgan fingerprint density at radius 3 is 2.12 bits per heavy atom. The second-order valence-electron chi connectivity index (χ2n) is 1.28. The maximum atomic E-state index is 11.6. The number of rotatable bonds is 2. The molecule has 0 bridgehead atoms. The molecule has 3 nitrogen and oxygen atoms in total. The second-order valence-corrected chi connectivity index (χ2v) is 1.28. The first-order valence-electron chi connectivity index (χ1n) is 2.03. The highest BCUT2D eigenvalue weighted by Crippen LogP contribution is 2.16. The third kappa shape index (κ3) is 1.40. The van der Waals surface area contributed by atoms with E-state index in [1.54, 1.807) is 0 Å². The highest BCUT2D eigenvalue weighted by Gasteiger charge is 2.40. The first-order chi connectivity index (χ1) is 3.50. The van der Waals surface area contributed by atoms with Crippen LogP contribution in [0.5, 0.6) is 0 Å². The zero-order valence-electron chi connectivity index (χ0n) is 4.23. The lowest BCUT2D eigenvalue weighted by molar-refractivity contribution is -0.644. The lowest BCUT2D eigenvalue weighted by atomic mass is 10.4. The summed E-state index contributed by atoms with van der Waals surface area (Å²) in [5, 5.41) is 9.31. The maximum absolute atomic E-state index is 11.6. The third-order valence-electron chi connectivity index (χ3n) is 0.692.